The van der Waals surface area contributed by atoms with Crippen LogP contribution in [0.4, 0.5) is 18.9 Å². The summed E-state index contributed by atoms with van der Waals surface area (Å²) in [4.78, 5) is 8.35. The molecule has 0 aliphatic carbocycles. The summed E-state index contributed by atoms with van der Waals surface area (Å²) in [7, 11) is -3.41. The molecule has 4 aromatic rings. The minimum atomic E-state index is -4.56. The average Bonchev–Trinajstić information content (AvgIpc) is 3.27. The van der Waals surface area contributed by atoms with Crippen molar-refractivity contribution >= 4 is 33.0 Å². The van der Waals surface area contributed by atoms with E-state index in [4.69, 9.17) is 16.1 Å². The van der Waals surface area contributed by atoms with E-state index in [2.05, 4.69) is 19.8 Å². The van der Waals surface area contributed by atoms with Gasteiger partial charge in [0, 0.05) is 23.6 Å². The van der Waals surface area contributed by atoms with Gasteiger partial charge in [-0.2, -0.15) is 18.2 Å². The van der Waals surface area contributed by atoms with Gasteiger partial charge in [0.25, 0.3) is 5.89 Å². The number of aromatic nitrogens is 4. The van der Waals surface area contributed by atoms with Gasteiger partial charge in [-0.3, -0.25) is 4.72 Å². The SMILES string of the molecule is CS(=O)(=O)Nc1ccc(-c2noc(-c3cn4cc(C(F)(F)F)cc(Cl)c4n3)n2)cc1. The highest BCUT2D eigenvalue weighted by Crippen LogP contribution is 2.33. The first-order chi connectivity index (χ1) is 14.0. The molecule has 8 nitrogen and oxygen atoms in total. The predicted molar refractivity (Wildman–Crippen MR) is 102 cm³/mol. The van der Waals surface area contributed by atoms with Gasteiger partial charge in [0.1, 0.15) is 5.69 Å². The van der Waals surface area contributed by atoms with Crippen LogP contribution in [0.15, 0.2) is 47.2 Å². The maximum absolute atomic E-state index is 13.0. The van der Waals surface area contributed by atoms with Crippen LogP contribution in [0.25, 0.3) is 28.6 Å². The molecule has 1 N–H and O–H groups in total. The summed E-state index contributed by atoms with van der Waals surface area (Å²) >= 11 is 5.93. The van der Waals surface area contributed by atoms with Crippen molar-refractivity contribution in [2.24, 2.45) is 0 Å². The monoisotopic (exact) mass is 457 g/mol. The number of rotatable bonds is 4. The first kappa shape index (κ1) is 20.2. The number of sulfonamides is 1. The van der Waals surface area contributed by atoms with E-state index >= 15 is 0 Å². The molecular formula is C17H11ClF3N5O3S. The lowest BCUT2D eigenvalue weighted by Gasteiger charge is -2.07. The van der Waals surface area contributed by atoms with Crippen molar-refractivity contribution in [3.8, 4) is 23.0 Å². The highest BCUT2D eigenvalue weighted by Gasteiger charge is 2.32. The molecule has 1 aromatic carbocycles. The molecule has 0 fully saturated rings. The first-order valence-corrected chi connectivity index (χ1v) is 10.4. The Morgan fingerprint density at radius 3 is 2.47 bits per heavy atom. The number of nitrogens with zero attached hydrogens (tertiary/aromatic N) is 4. The summed E-state index contributed by atoms with van der Waals surface area (Å²) in [5.74, 6) is 0.173. The third kappa shape index (κ3) is 4.09. The molecule has 3 heterocycles. The maximum atomic E-state index is 13.0. The summed E-state index contributed by atoms with van der Waals surface area (Å²) in [6.07, 6.45) is -1.36. The Hall–Kier alpha value is -3.12. The molecule has 13 heteroatoms. The van der Waals surface area contributed by atoms with E-state index in [1.54, 1.807) is 12.1 Å². The van der Waals surface area contributed by atoms with E-state index in [1.807, 2.05) is 0 Å². The van der Waals surface area contributed by atoms with E-state index in [-0.39, 0.29) is 28.1 Å². The Morgan fingerprint density at radius 2 is 1.83 bits per heavy atom. The third-order valence-electron chi connectivity index (χ3n) is 3.93. The molecular weight excluding hydrogens is 447 g/mol. The highest BCUT2D eigenvalue weighted by atomic mass is 35.5. The van der Waals surface area contributed by atoms with Gasteiger partial charge in [-0.25, -0.2) is 13.4 Å². The quantitative estimate of drug-likeness (QED) is 0.495. The lowest BCUT2D eigenvalue weighted by atomic mass is 10.2. The Balaban J connectivity index is 1.65. The third-order valence-corrected chi connectivity index (χ3v) is 4.81. The summed E-state index contributed by atoms with van der Waals surface area (Å²) in [5, 5.41) is 3.65. The van der Waals surface area contributed by atoms with E-state index in [1.165, 1.54) is 18.3 Å². The van der Waals surface area contributed by atoms with Crippen molar-refractivity contribution in [1.29, 1.82) is 0 Å². The fourth-order valence-corrected chi connectivity index (χ4v) is 3.48. The zero-order chi connectivity index (χ0) is 21.7. The molecule has 0 aliphatic heterocycles. The number of fused-ring (bicyclic) bond motifs is 1. The zero-order valence-corrected chi connectivity index (χ0v) is 16.5. The molecule has 0 saturated carbocycles. The molecule has 3 aromatic heterocycles. The minimum Gasteiger partial charge on any atom is -0.332 e. The second-order valence-corrected chi connectivity index (χ2v) is 8.46. The fraction of sp³-hybridized carbons (Fsp3) is 0.118. The van der Waals surface area contributed by atoms with Crippen LogP contribution in [0.2, 0.25) is 5.02 Å². The number of benzene rings is 1. The van der Waals surface area contributed by atoms with Crippen LogP contribution in [-0.2, 0) is 16.2 Å². The van der Waals surface area contributed by atoms with Crippen molar-refractivity contribution in [3.63, 3.8) is 0 Å². The van der Waals surface area contributed by atoms with Crippen LogP contribution < -0.4 is 4.72 Å². The first-order valence-electron chi connectivity index (χ1n) is 8.17. The minimum absolute atomic E-state index is 0.0170. The van der Waals surface area contributed by atoms with E-state index in [9.17, 15) is 21.6 Å². The Morgan fingerprint density at radius 1 is 1.13 bits per heavy atom. The van der Waals surface area contributed by atoms with Crippen molar-refractivity contribution in [2.45, 2.75) is 6.18 Å². The van der Waals surface area contributed by atoms with Crippen LogP contribution in [0.1, 0.15) is 5.56 Å². The molecule has 0 unspecified atom stereocenters. The normalized spacial score (nSPS) is 12.4. The largest absolute Gasteiger partial charge is 0.417 e. The standard InChI is InChI=1S/C17H11ClF3N5O3S/c1-30(27,28)25-11-4-2-9(3-5-11)14-23-16(29-24-14)13-8-26-7-10(17(19,20)21)6-12(18)15(26)22-13/h2-8,25H,1H3. The van der Waals surface area contributed by atoms with Gasteiger partial charge in [-0.1, -0.05) is 16.8 Å². The number of hydrogen-bond donors (Lipinski definition) is 1. The van der Waals surface area contributed by atoms with Crippen LogP contribution in [-0.4, -0.2) is 34.2 Å². The lowest BCUT2D eigenvalue weighted by Crippen LogP contribution is -2.09. The molecule has 0 aliphatic rings. The Kier molecular flexibility index (Phi) is 4.70. The van der Waals surface area contributed by atoms with Gasteiger partial charge in [0.15, 0.2) is 5.65 Å². The molecule has 0 saturated heterocycles. The molecule has 0 amide bonds. The molecule has 0 atom stereocenters. The number of imidazole rings is 1. The van der Waals surface area contributed by atoms with Gasteiger partial charge >= 0.3 is 6.18 Å². The summed E-state index contributed by atoms with van der Waals surface area (Å²) < 4.78 is 70.0. The second-order valence-electron chi connectivity index (χ2n) is 6.31. The number of anilines is 1. The number of pyridine rings is 1. The van der Waals surface area contributed by atoms with Crippen molar-refractivity contribution < 1.29 is 26.1 Å². The Bertz CT molecular complexity index is 1350. The zero-order valence-electron chi connectivity index (χ0n) is 15.0. The van der Waals surface area contributed by atoms with Gasteiger partial charge in [0.2, 0.25) is 15.8 Å². The number of alkyl halides is 3. The predicted octanol–water partition coefficient (Wildman–Crippen LogP) is 4.10. The topological polar surface area (TPSA) is 102 Å². The lowest BCUT2D eigenvalue weighted by molar-refractivity contribution is -0.137. The van der Waals surface area contributed by atoms with Crippen molar-refractivity contribution in [3.05, 3.63) is 53.3 Å². The molecule has 4 rings (SSSR count). The molecule has 156 valence electrons. The molecule has 0 spiro atoms. The smallest absolute Gasteiger partial charge is 0.332 e. The van der Waals surface area contributed by atoms with E-state index in [0.717, 1.165) is 22.9 Å². The van der Waals surface area contributed by atoms with Crippen LogP contribution in [0.5, 0.6) is 0 Å². The molecule has 0 bridgehead atoms. The van der Waals surface area contributed by atoms with Crippen molar-refractivity contribution in [2.75, 3.05) is 11.0 Å². The van der Waals surface area contributed by atoms with E-state index in [0.29, 0.717) is 11.3 Å². The van der Waals surface area contributed by atoms with Crippen LogP contribution >= 0.6 is 11.6 Å². The van der Waals surface area contributed by atoms with E-state index < -0.39 is 21.8 Å². The summed E-state index contributed by atoms with van der Waals surface area (Å²) in [6, 6.07) is 7.00. The van der Waals surface area contributed by atoms with Crippen molar-refractivity contribution in [1.82, 2.24) is 19.5 Å². The average molecular weight is 458 g/mol. The number of hydrogen-bond acceptors (Lipinski definition) is 6. The van der Waals surface area contributed by atoms with Gasteiger partial charge < -0.3 is 8.92 Å². The van der Waals surface area contributed by atoms with Gasteiger partial charge in [-0.15, -0.1) is 0 Å². The van der Waals surface area contributed by atoms with Gasteiger partial charge in [-0.05, 0) is 30.3 Å². The summed E-state index contributed by atoms with van der Waals surface area (Å²) in [5.41, 5.74) is 0.226. The Labute approximate surface area is 172 Å². The highest BCUT2D eigenvalue weighted by molar-refractivity contribution is 7.92. The van der Waals surface area contributed by atoms with Gasteiger partial charge in [0.05, 0.1) is 16.8 Å². The van der Waals surface area contributed by atoms with Crippen LogP contribution in [0, 0.1) is 0 Å². The second kappa shape index (κ2) is 6.99. The molecule has 0 radical (unpaired) electrons. The fourth-order valence-electron chi connectivity index (χ4n) is 2.66. The summed E-state index contributed by atoms with van der Waals surface area (Å²) in [6.45, 7) is 0. The molecule has 30 heavy (non-hydrogen) atoms. The maximum Gasteiger partial charge on any atom is 0.417 e. The number of nitrogens with one attached hydrogen (secondary N) is 1. The number of halogens is 4. The van der Waals surface area contributed by atoms with Crippen LogP contribution in [0.3, 0.4) is 0 Å².